The van der Waals surface area contributed by atoms with E-state index in [2.05, 4.69) is 15.6 Å². The lowest BCUT2D eigenvalue weighted by Gasteiger charge is -2.14. The molecular formula is C21H19F2N3O2. The van der Waals surface area contributed by atoms with Crippen LogP contribution in [-0.2, 0) is 4.79 Å². The first-order chi connectivity index (χ1) is 13.4. The monoisotopic (exact) mass is 383 g/mol. The van der Waals surface area contributed by atoms with E-state index in [9.17, 15) is 18.7 Å². The number of halogens is 2. The number of carbonyl (C=O) groups excluding carboxylic acids is 1. The Labute approximate surface area is 161 Å². The average molecular weight is 383 g/mol. The summed E-state index contributed by atoms with van der Waals surface area (Å²) in [5, 5.41) is 15.6. The Kier molecular flexibility index (Phi) is 5.65. The summed E-state index contributed by atoms with van der Waals surface area (Å²) >= 11 is 0. The molecule has 3 aromatic rings. The van der Waals surface area contributed by atoms with Gasteiger partial charge in [0.2, 0.25) is 0 Å². The van der Waals surface area contributed by atoms with E-state index < -0.39 is 23.6 Å². The predicted molar refractivity (Wildman–Crippen MR) is 104 cm³/mol. The molecular weight excluding hydrogens is 364 g/mol. The number of rotatable bonds is 5. The number of aliphatic hydroxyl groups is 1. The predicted octanol–water partition coefficient (Wildman–Crippen LogP) is 4.05. The third-order valence-electron chi connectivity index (χ3n) is 4.27. The van der Waals surface area contributed by atoms with Gasteiger partial charge in [0.25, 0.3) is 5.91 Å². The van der Waals surface area contributed by atoms with Crippen LogP contribution in [0.1, 0.15) is 17.2 Å². The Bertz CT molecular complexity index is 987. The van der Waals surface area contributed by atoms with Crippen molar-refractivity contribution in [2.75, 3.05) is 17.7 Å². The van der Waals surface area contributed by atoms with Crippen LogP contribution in [0, 0.1) is 18.6 Å². The summed E-state index contributed by atoms with van der Waals surface area (Å²) in [5.41, 5.74) is 3.06. The minimum Gasteiger partial charge on any atom is -0.378 e. The summed E-state index contributed by atoms with van der Waals surface area (Å²) in [7, 11) is 1.79. The lowest BCUT2D eigenvalue weighted by atomic mass is 10.0. The van der Waals surface area contributed by atoms with Gasteiger partial charge in [-0.05, 0) is 60.0 Å². The molecule has 1 aromatic heterocycles. The second kappa shape index (κ2) is 8.14. The molecule has 0 saturated heterocycles. The van der Waals surface area contributed by atoms with Crippen molar-refractivity contribution in [3.63, 3.8) is 0 Å². The molecule has 1 atom stereocenters. The van der Waals surface area contributed by atoms with Crippen LogP contribution in [0.2, 0.25) is 0 Å². The largest absolute Gasteiger partial charge is 0.378 e. The zero-order valence-corrected chi connectivity index (χ0v) is 15.3. The molecule has 0 aliphatic heterocycles. The lowest BCUT2D eigenvalue weighted by Crippen LogP contribution is -2.21. The maximum Gasteiger partial charge on any atom is 0.257 e. The molecule has 2 aromatic carbocycles. The van der Waals surface area contributed by atoms with E-state index in [4.69, 9.17) is 0 Å². The van der Waals surface area contributed by atoms with Crippen LogP contribution >= 0.6 is 0 Å². The Morgan fingerprint density at radius 2 is 1.79 bits per heavy atom. The van der Waals surface area contributed by atoms with Crippen molar-refractivity contribution in [2.24, 2.45) is 0 Å². The molecule has 0 unspecified atom stereocenters. The molecule has 3 N–H and O–H groups in total. The Morgan fingerprint density at radius 3 is 2.36 bits per heavy atom. The number of hydrogen-bond acceptors (Lipinski definition) is 4. The van der Waals surface area contributed by atoms with Crippen LogP contribution in [0.15, 0.2) is 54.7 Å². The zero-order chi connectivity index (χ0) is 20.3. The van der Waals surface area contributed by atoms with Crippen LogP contribution in [0.3, 0.4) is 0 Å². The van der Waals surface area contributed by atoms with Crippen LogP contribution in [0.5, 0.6) is 0 Å². The van der Waals surface area contributed by atoms with Gasteiger partial charge in [-0.25, -0.2) is 13.8 Å². The summed E-state index contributed by atoms with van der Waals surface area (Å²) < 4.78 is 26.6. The molecule has 1 amide bonds. The van der Waals surface area contributed by atoms with Crippen LogP contribution < -0.4 is 10.6 Å². The molecule has 7 heteroatoms. The van der Waals surface area contributed by atoms with E-state index in [1.807, 2.05) is 25.1 Å². The maximum absolute atomic E-state index is 13.3. The van der Waals surface area contributed by atoms with E-state index in [1.165, 1.54) is 0 Å². The average Bonchev–Trinajstić information content (AvgIpc) is 2.67. The quantitative estimate of drug-likeness (QED) is 0.621. The summed E-state index contributed by atoms with van der Waals surface area (Å²) in [6.45, 7) is 1.88. The molecule has 0 bridgehead atoms. The summed E-state index contributed by atoms with van der Waals surface area (Å²) in [6.07, 6.45) is 0.0535. The molecule has 28 heavy (non-hydrogen) atoms. The first-order valence-corrected chi connectivity index (χ1v) is 8.57. The number of anilines is 2. The number of amides is 1. The van der Waals surface area contributed by atoms with Crippen molar-refractivity contribution in [1.29, 1.82) is 0 Å². The van der Waals surface area contributed by atoms with E-state index in [0.29, 0.717) is 11.8 Å². The maximum atomic E-state index is 13.3. The number of aliphatic hydroxyl groups excluding tert-OH is 1. The molecule has 3 rings (SSSR count). The molecule has 144 valence electrons. The number of nitrogens with one attached hydrogen (secondary N) is 2. The second-order valence-electron chi connectivity index (χ2n) is 6.31. The Morgan fingerprint density at radius 1 is 1.07 bits per heavy atom. The van der Waals surface area contributed by atoms with Crippen molar-refractivity contribution in [2.45, 2.75) is 13.0 Å². The topological polar surface area (TPSA) is 74.2 Å². The number of nitrogens with zero attached hydrogens (tertiary/aromatic N) is 1. The second-order valence-corrected chi connectivity index (χ2v) is 6.31. The van der Waals surface area contributed by atoms with Crippen molar-refractivity contribution < 1.29 is 18.7 Å². The zero-order valence-electron chi connectivity index (χ0n) is 15.3. The highest BCUT2D eigenvalue weighted by Gasteiger charge is 2.19. The van der Waals surface area contributed by atoms with Crippen LogP contribution in [-0.4, -0.2) is 23.0 Å². The van der Waals surface area contributed by atoms with Gasteiger partial charge in [-0.2, -0.15) is 0 Å². The molecule has 0 radical (unpaired) electrons. The summed E-state index contributed by atoms with van der Waals surface area (Å²) in [5.74, 6) is -1.75. The lowest BCUT2D eigenvalue weighted by molar-refractivity contribution is -0.124. The minimum absolute atomic E-state index is 0.154. The van der Waals surface area contributed by atoms with Crippen LogP contribution in [0.25, 0.3) is 11.1 Å². The van der Waals surface area contributed by atoms with E-state index >= 15 is 0 Å². The molecule has 5 nitrogen and oxygen atoms in total. The van der Waals surface area contributed by atoms with Gasteiger partial charge in [-0.15, -0.1) is 0 Å². The highest BCUT2D eigenvalue weighted by molar-refractivity contribution is 5.95. The third-order valence-corrected chi connectivity index (χ3v) is 4.27. The first kappa shape index (κ1) is 19.4. The Balaban J connectivity index is 1.77. The molecule has 0 saturated carbocycles. The van der Waals surface area contributed by atoms with Gasteiger partial charge in [0.1, 0.15) is 17.5 Å². The standard InChI is InChI=1S/C21H19F2N3O2/c1-12-7-17(4-5-18(12)13-3-6-19(24-2)25-11-13)26-21(28)20(27)14-8-15(22)10-16(23)9-14/h3-11,20,27H,1-2H3,(H,24,25)(H,26,28)/t20-/m1/s1. The van der Waals surface area contributed by atoms with Gasteiger partial charge in [0, 0.05) is 30.6 Å². The normalized spacial score (nSPS) is 11.8. The number of aromatic nitrogens is 1. The fraction of sp³-hybridized carbons (Fsp3) is 0.143. The Hall–Kier alpha value is -3.32. The molecule has 0 aliphatic carbocycles. The fourth-order valence-electron chi connectivity index (χ4n) is 2.86. The first-order valence-electron chi connectivity index (χ1n) is 8.57. The highest BCUT2D eigenvalue weighted by atomic mass is 19.1. The number of benzene rings is 2. The molecule has 0 spiro atoms. The number of carbonyl (C=O) groups is 1. The van der Waals surface area contributed by atoms with E-state index in [1.54, 1.807) is 25.4 Å². The number of hydrogen-bond donors (Lipinski definition) is 3. The highest BCUT2D eigenvalue weighted by Crippen LogP contribution is 2.27. The summed E-state index contributed by atoms with van der Waals surface area (Å²) in [6, 6.07) is 11.6. The fourth-order valence-corrected chi connectivity index (χ4v) is 2.86. The minimum atomic E-state index is -1.69. The van der Waals surface area contributed by atoms with Gasteiger partial charge >= 0.3 is 0 Å². The molecule has 1 heterocycles. The van der Waals surface area contributed by atoms with Gasteiger partial charge in [-0.1, -0.05) is 6.07 Å². The number of aryl methyl sites for hydroxylation is 1. The summed E-state index contributed by atoms with van der Waals surface area (Å²) in [4.78, 5) is 16.5. The SMILES string of the molecule is CNc1ccc(-c2ccc(NC(=O)[C@H](O)c3cc(F)cc(F)c3)cc2C)cn1. The van der Waals surface area contributed by atoms with Gasteiger partial charge in [0.05, 0.1) is 0 Å². The smallest absolute Gasteiger partial charge is 0.257 e. The van der Waals surface area contributed by atoms with Gasteiger partial charge in [-0.3, -0.25) is 4.79 Å². The molecule has 0 aliphatic rings. The van der Waals surface area contributed by atoms with Crippen molar-refractivity contribution in [3.8, 4) is 11.1 Å². The number of pyridine rings is 1. The third kappa shape index (κ3) is 4.32. The van der Waals surface area contributed by atoms with Crippen molar-refractivity contribution in [3.05, 3.63) is 77.5 Å². The van der Waals surface area contributed by atoms with E-state index in [0.717, 1.165) is 34.6 Å². The van der Waals surface area contributed by atoms with E-state index in [-0.39, 0.29) is 5.56 Å². The van der Waals surface area contributed by atoms with Crippen molar-refractivity contribution >= 4 is 17.4 Å². The van der Waals surface area contributed by atoms with Crippen LogP contribution in [0.4, 0.5) is 20.3 Å². The van der Waals surface area contributed by atoms with Gasteiger partial charge in [0.15, 0.2) is 6.10 Å². The molecule has 0 fully saturated rings. The van der Waals surface area contributed by atoms with Crippen molar-refractivity contribution in [1.82, 2.24) is 4.98 Å². The van der Waals surface area contributed by atoms with Gasteiger partial charge < -0.3 is 15.7 Å².